The lowest BCUT2D eigenvalue weighted by molar-refractivity contribution is 0.164. The Kier molecular flexibility index (Phi) is 4.39. The minimum atomic E-state index is -0.377. The molecule has 80 valence electrons. The summed E-state index contributed by atoms with van der Waals surface area (Å²) in [5, 5.41) is 9.98. The molecule has 0 fully saturated rings. The molecule has 0 saturated heterocycles. The molecule has 1 aromatic carbocycles. The van der Waals surface area contributed by atoms with Gasteiger partial charge in [-0.25, -0.2) is 0 Å². The Bertz CT molecular complexity index is 360. The van der Waals surface area contributed by atoms with Crippen molar-refractivity contribution in [3.8, 4) is 12.3 Å². The molecule has 1 rings (SSSR count). The van der Waals surface area contributed by atoms with Crippen molar-refractivity contribution in [2.45, 2.75) is 39.2 Å². The van der Waals surface area contributed by atoms with Crippen LogP contribution in [0.3, 0.4) is 0 Å². The van der Waals surface area contributed by atoms with E-state index < -0.39 is 0 Å². The Morgan fingerprint density at radius 1 is 1.40 bits per heavy atom. The van der Waals surface area contributed by atoms with Crippen molar-refractivity contribution < 1.29 is 5.11 Å². The van der Waals surface area contributed by atoms with E-state index in [0.717, 1.165) is 24.8 Å². The van der Waals surface area contributed by atoms with E-state index in [1.807, 2.05) is 12.1 Å². The summed E-state index contributed by atoms with van der Waals surface area (Å²) in [5.41, 5.74) is 3.45. The minimum Gasteiger partial charge on any atom is -0.388 e. The van der Waals surface area contributed by atoms with Gasteiger partial charge in [-0.15, -0.1) is 12.3 Å². The summed E-state index contributed by atoms with van der Waals surface area (Å²) in [6.45, 7) is 4.11. The minimum absolute atomic E-state index is 0.377. The highest BCUT2D eigenvalue weighted by atomic mass is 16.3. The largest absolute Gasteiger partial charge is 0.388 e. The number of benzene rings is 1. The van der Waals surface area contributed by atoms with Crippen LogP contribution in [0, 0.1) is 26.2 Å². The van der Waals surface area contributed by atoms with Crippen molar-refractivity contribution >= 4 is 0 Å². The van der Waals surface area contributed by atoms with Crippen LogP contribution >= 0.6 is 0 Å². The molecule has 0 bridgehead atoms. The van der Waals surface area contributed by atoms with Gasteiger partial charge in [0, 0.05) is 6.42 Å². The number of unbranched alkanes of at least 4 members (excludes halogenated alkanes) is 1. The Labute approximate surface area is 92.1 Å². The van der Waals surface area contributed by atoms with Crippen molar-refractivity contribution in [2.24, 2.45) is 0 Å². The number of aliphatic hydroxyl groups is 1. The predicted octanol–water partition coefficient (Wildman–Crippen LogP) is 3.14. The molecule has 0 aliphatic carbocycles. The van der Waals surface area contributed by atoms with Gasteiger partial charge in [-0.3, -0.25) is 0 Å². The topological polar surface area (TPSA) is 20.2 Å². The molecular weight excluding hydrogens is 184 g/mol. The zero-order valence-corrected chi connectivity index (χ0v) is 9.46. The molecule has 0 spiro atoms. The second-order valence-corrected chi connectivity index (χ2v) is 3.90. The molecule has 0 heterocycles. The standard InChI is InChI=1S/C14H18O/c1-4-5-6-10-14(15)13-9-7-8-11(2)12(13)3/h1,7-9,14-15H,5-6,10H2,2-3H3. The SMILES string of the molecule is C#CCCCC(O)c1cccc(C)c1C. The summed E-state index contributed by atoms with van der Waals surface area (Å²) in [5.74, 6) is 2.59. The van der Waals surface area contributed by atoms with Crippen molar-refractivity contribution in [3.05, 3.63) is 34.9 Å². The Hall–Kier alpha value is -1.26. The van der Waals surface area contributed by atoms with Crippen LogP contribution in [0.5, 0.6) is 0 Å². The second-order valence-electron chi connectivity index (χ2n) is 3.90. The summed E-state index contributed by atoms with van der Waals surface area (Å²) in [7, 11) is 0. The number of rotatable bonds is 4. The maximum Gasteiger partial charge on any atom is 0.0793 e. The number of aryl methyl sites for hydroxylation is 1. The van der Waals surface area contributed by atoms with Gasteiger partial charge in [-0.05, 0) is 43.4 Å². The smallest absolute Gasteiger partial charge is 0.0793 e. The number of terminal acetylenes is 1. The zero-order valence-electron chi connectivity index (χ0n) is 9.46. The highest BCUT2D eigenvalue weighted by Gasteiger charge is 2.10. The summed E-state index contributed by atoms with van der Waals surface area (Å²) in [4.78, 5) is 0. The van der Waals surface area contributed by atoms with Gasteiger partial charge in [0.25, 0.3) is 0 Å². The fourth-order valence-corrected chi connectivity index (χ4v) is 1.69. The van der Waals surface area contributed by atoms with Gasteiger partial charge in [-0.2, -0.15) is 0 Å². The zero-order chi connectivity index (χ0) is 11.3. The predicted molar refractivity (Wildman–Crippen MR) is 63.6 cm³/mol. The molecule has 15 heavy (non-hydrogen) atoms. The van der Waals surface area contributed by atoms with Crippen LogP contribution in [0.1, 0.15) is 42.1 Å². The van der Waals surface area contributed by atoms with Crippen LogP contribution < -0.4 is 0 Å². The molecule has 1 nitrogen and oxygen atoms in total. The maximum absolute atomic E-state index is 9.98. The van der Waals surface area contributed by atoms with Gasteiger partial charge in [0.1, 0.15) is 0 Å². The summed E-state index contributed by atoms with van der Waals surface area (Å²) >= 11 is 0. The number of hydrogen-bond donors (Lipinski definition) is 1. The monoisotopic (exact) mass is 202 g/mol. The van der Waals surface area contributed by atoms with E-state index in [0.29, 0.717) is 0 Å². The lowest BCUT2D eigenvalue weighted by Gasteiger charge is -2.14. The maximum atomic E-state index is 9.98. The van der Waals surface area contributed by atoms with Crippen LogP contribution in [0.25, 0.3) is 0 Å². The molecule has 1 heteroatoms. The van der Waals surface area contributed by atoms with E-state index in [1.54, 1.807) is 0 Å². The molecular formula is C14H18O. The third-order valence-electron chi connectivity index (χ3n) is 2.80. The van der Waals surface area contributed by atoms with Crippen LogP contribution in [-0.4, -0.2) is 5.11 Å². The normalized spacial score (nSPS) is 12.1. The highest BCUT2D eigenvalue weighted by molar-refractivity contribution is 5.34. The van der Waals surface area contributed by atoms with Gasteiger partial charge in [-0.1, -0.05) is 18.2 Å². The second kappa shape index (κ2) is 5.58. The fourth-order valence-electron chi connectivity index (χ4n) is 1.69. The van der Waals surface area contributed by atoms with Crippen molar-refractivity contribution in [2.75, 3.05) is 0 Å². The molecule has 0 aliphatic heterocycles. The van der Waals surface area contributed by atoms with Crippen LogP contribution in [0.2, 0.25) is 0 Å². The fraction of sp³-hybridized carbons (Fsp3) is 0.429. The van der Waals surface area contributed by atoms with Crippen molar-refractivity contribution in [3.63, 3.8) is 0 Å². The Morgan fingerprint density at radius 3 is 2.80 bits per heavy atom. The molecule has 1 atom stereocenters. The van der Waals surface area contributed by atoms with E-state index in [9.17, 15) is 5.11 Å². The lowest BCUT2D eigenvalue weighted by Crippen LogP contribution is -2.01. The molecule has 0 amide bonds. The van der Waals surface area contributed by atoms with Gasteiger partial charge in [0.15, 0.2) is 0 Å². The summed E-state index contributed by atoms with van der Waals surface area (Å²) < 4.78 is 0. The molecule has 0 radical (unpaired) electrons. The molecule has 0 saturated carbocycles. The van der Waals surface area contributed by atoms with Gasteiger partial charge < -0.3 is 5.11 Å². The van der Waals surface area contributed by atoms with Gasteiger partial charge in [0.2, 0.25) is 0 Å². The Balaban J connectivity index is 2.70. The van der Waals surface area contributed by atoms with Crippen LogP contribution in [0.4, 0.5) is 0 Å². The van der Waals surface area contributed by atoms with E-state index in [1.165, 1.54) is 11.1 Å². The lowest BCUT2D eigenvalue weighted by atomic mass is 9.96. The van der Waals surface area contributed by atoms with E-state index in [2.05, 4.69) is 25.8 Å². The molecule has 1 aromatic rings. The van der Waals surface area contributed by atoms with E-state index >= 15 is 0 Å². The number of hydrogen-bond acceptors (Lipinski definition) is 1. The van der Waals surface area contributed by atoms with E-state index in [4.69, 9.17) is 6.42 Å². The molecule has 1 N–H and O–H groups in total. The summed E-state index contributed by atoms with van der Waals surface area (Å²) in [6, 6.07) is 6.04. The first-order valence-corrected chi connectivity index (χ1v) is 5.34. The van der Waals surface area contributed by atoms with Gasteiger partial charge in [0.05, 0.1) is 6.10 Å². The number of aliphatic hydroxyl groups excluding tert-OH is 1. The van der Waals surface area contributed by atoms with Crippen molar-refractivity contribution in [1.29, 1.82) is 0 Å². The molecule has 0 aliphatic rings. The first-order chi connectivity index (χ1) is 7.16. The molecule has 0 aromatic heterocycles. The summed E-state index contributed by atoms with van der Waals surface area (Å²) in [6.07, 6.45) is 7.16. The first kappa shape index (κ1) is 11.8. The highest BCUT2D eigenvalue weighted by Crippen LogP contribution is 2.24. The third kappa shape index (κ3) is 3.11. The first-order valence-electron chi connectivity index (χ1n) is 5.34. The average Bonchev–Trinajstić information content (AvgIpc) is 2.22. The Morgan fingerprint density at radius 2 is 2.13 bits per heavy atom. The van der Waals surface area contributed by atoms with Gasteiger partial charge >= 0.3 is 0 Å². The van der Waals surface area contributed by atoms with Crippen LogP contribution in [0.15, 0.2) is 18.2 Å². The van der Waals surface area contributed by atoms with E-state index in [-0.39, 0.29) is 6.10 Å². The van der Waals surface area contributed by atoms with Crippen LogP contribution in [-0.2, 0) is 0 Å². The van der Waals surface area contributed by atoms with Crippen molar-refractivity contribution in [1.82, 2.24) is 0 Å². The average molecular weight is 202 g/mol. The third-order valence-corrected chi connectivity index (χ3v) is 2.80. The quantitative estimate of drug-likeness (QED) is 0.587. The molecule has 1 unspecified atom stereocenters.